The number of piperazine rings is 1. The molecular formula is C26H24ClN3O5. The van der Waals surface area contributed by atoms with Crippen LogP contribution >= 0.6 is 11.6 Å². The summed E-state index contributed by atoms with van der Waals surface area (Å²) in [5, 5.41) is 0.486. The quantitative estimate of drug-likeness (QED) is 0.388. The fourth-order valence-electron chi connectivity index (χ4n) is 4.38. The Kier molecular flexibility index (Phi) is 6.57. The lowest BCUT2D eigenvalue weighted by Crippen LogP contribution is -2.52. The summed E-state index contributed by atoms with van der Waals surface area (Å²) in [5.74, 6) is 0.661. The maximum Gasteiger partial charge on any atom is 0.253 e. The second kappa shape index (κ2) is 9.93. The van der Waals surface area contributed by atoms with Crippen LogP contribution in [0.5, 0.6) is 11.5 Å². The highest BCUT2D eigenvalue weighted by molar-refractivity contribution is 6.30. The molecular weight excluding hydrogens is 470 g/mol. The molecule has 0 radical (unpaired) electrons. The summed E-state index contributed by atoms with van der Waals surface area (Å²) in [4.78, 5) is 43.5. The topological polar surface area (TPSA) is 81.1 Å². The first-order valence-corrected chi connectivity index (χ1v) is 11.7. The van der Waals surface area contributed by atoms with E-state index in [1.54, 1.807) is 41.3 Å². The molecule has 3 heterocycles. The molecule has 0 spiro atoms. The summed E-state index contributed by atoms with van der Waals surface area (Å²) < 4.78 is 12.0. The van der Waals surface area contributed by atoms with Crippen LogP contribution in [0.25, 0.3) is 0 Å². The monoisotopic (exact) mass is 493 g/mol. The number of nitrogens with zero attached hydrogens (tertiary/aromatic N) is 3. The van der Waals surface area contributed by atoms with E-state index in [-0.39, 0.29) is 12.7 Å². The van der Waals surface area contributed by atoms with Crippen LogP contribution in [0.1, 0.15) is 22.0 Å². The minimum absolute atomic E-state index is 0.236. The molecule has 0 saturated carbocycles. The predicted octanol–water partition coefficient (Wildman–Crippen LogP) is 3.00. The molecule has 1 unspecified atom stereocenters. The minimum Gasteiger partial charge on any atom is -0.454 e. The molecule has 9 heteroatoms. The molecule has 180 valence electrons. The van der Waals surface area contributed by atoms with E-state index in [2.05, 4.69) is 4.90 Å². The van der Waals surface area contributed by atoms with Gasteiger partial charge in [0.15, 0.2) is 23.3 Å². The van der Waals surface area contributed by atoms with E-state index in [1.807, 2.05) is 18.2 Å². The Morgan fingerprint density at radius 1 is 0.914 bits per heavy atom. The third-order valence-corrected chi connectivity index (χ3v) is 6.52. The fraction of sp³-hybridized carbons (Fsp3) is 0.269. The smallest absolute Gasteiger partial charge is 0.253 e. The lowest BCUT2D eigenvalue weighted by Gasteiger charge is -2.36. The number of benzene rings is 2. The summed E-state index contributed by atoms with van der Waals surface area (Å²) >= 11 is 5.96. The lowest BCUT2D eigenvalue weighted by molar-refractivity contribution is -0.135. The number of hydrogen-bond acceptors (Lipinski definition) is 6. The van der Waals surface area contributed by atoms with Gasteiger partial charge < -0.3 is 14.4 Å². The highest BCUT2D eigenvalue weighted by atomic mass is 35.5. The highest BCUT2D eigenvalue weighted by Crippen LogP contribution is 2.33. The second-order valence-electron chi connectivity index (χ2n) is 8.51. The third-order valence-electron chi connectivity index (χ3n) is 6.27. The van der Waals surface area contributed by atoms with Gasteiger partial charge in [-0.15, -0.1) is 0 Å². The van der Waals surface area contributed by atoms with Crippen LogP contribution in [-0.4, -0.2) is 59.0 Å². The van der Waals surface area contributed by atoms with Crippen molar-refractivity contribution in [2.45, 2.75) is 12.6 Å². The normalized spacial score (nSPS) is 16.2. The summed E-state index contributed by atoms with van der Waals surface area (Å²) in [6, 6.07) is 15.5. The molecule has 35 heavy (non-hydrogen) atoms. The standard InChI is InChI=1S/C26H24ClN3O5/c27-20-7-5-19(6-8-20)25(32)24(30-10-2-1-3-23(30)31)26(33)29-13-11-28(12-14-29)16-18-4-9-21-22(15-18)35-17-34-21/h1-10,15,24H,11-14,16-17H2. The number of fused-ring (bicyclic) bond motifs is 1. The molecule has 1 atom stereocenters. The van der Waals surface area contributed by atoms with Gasteiger partial charge in [-0.25, -0.2) is 0 Å². The Bertz CT molecular complexity index is 1300. The van der Waals surface area contributed by atoms with Gasteiger partial charge in [-0.3, -0.25) is 23.9 Å². The Hall–Kier alpha value is -3.62. The molecule has 5 rings (SSSR count). The van der Waals surface area contributed by atoms with Gasteiger partial charge in [0.25, 0.3) is 11.5 Å². The van der Waals surface area contributed by atoms with Crippen LogP contribution < -0.4 is 15.0 Å². The molecule has 1 fully saturated rings. The number of ether oxygens (including phenoxy) is 2. The van der Waals surface area contributed by atoms with Crippen LogP contribution in [0.3, 0.4) is 0 Å². The summed E-state index contributed by atoms with van der Waals surface area (Å²) in [5.41, 5.74) is 1.01. The maximum atomic E-state index is 13.6. The molecule has 1 saturated heterocycles. The summed E-state index contributed by atoms with van der Waals surface area (Å²) in [7, 11) is 0. The van der Waals surface area contributed by atoms with E-state index in [4.69, 9.17) is 21.1 Å². The Morgan fingerprint density at radius 3 is 2.40 bits per heavy atom. The van der Waals surface area contributed by atoms with Gasteiger partial charge in [-0.1, -0.05) is 23.7 Å². The van der Waals surface area contributed by atoms with Gasteiger partial charge in [0.2, 0.25) is 6.79 Å². The molecule has 0 bridgehead atoms. The van der Waals surface area contributed by atoms with Crippen molar-refractivity contribution in [3.8, 4) is 11.5 Å². The van der Waals surface area contributed by atoms with E-state index in [0.29, 0.717) is 43.3 Å². The molecule has 0 N–H and O–H groups in total. The zero-order chi connectivity index (χ0) is 24.4. The zero-order valence-electron chi connectivity index (χ0n) is 18.9. The number of hydrogen-bond donors (Lipinski definition) is 0. The second-order valence-corrected chi connectivity index (χ2v) is 8.95. The number of aromatic nitrogens is 1. The molecule has 2 aromatic carbocycles. The van der Waals surface area contributed by atoms with Crippen molar-refractivity contribution in [1.82, 2.24) is 14.4 Å². The van der Waals surface area contributed by atoms with E-state index >= 15 is 0 Å². The van der Waals surface area contributed by atoms with Crippen molar-refractivity contribution >= 4 is 23.3 Å². The average molecular weight is 494 g/mol. The van der Waals surface area contributed by atoms with Gasteiger partial charge in [0.05, 0.1) is 0 Å². The van der Waals surface area contributed by atoms with Crippen molar-refractivity contribution in [3.05, 3.63) is 93.4 Å². The van der Waals surface area contributed by atoms with Gasteiger partial charge >= 0.3 is 0 Å². The van der Waals surface area contributed by atoms with Crippen molar-refractivity contribution in [3.63, 3.8) is 0 Å². The van der Waals surface area contributed by atoms with E-state index in [0.717, 1.165) is 17.1 Å². The van der Waals surface area contributed by atoms with Crippen molar-refractivity contribution in [2.75, 3.05) is 33.0 Å². The predicted molar refractivity (Wildman–Crippen MR) is 130 cm³/mol. The van der Waals surface area contributed by atoms with Gasteiger partial charge in [0.1, 0.15) is 0 Å². The number of carbonyl (C=O) groups is 2. The van der Waals surface area contributed by atoms with Gasteiger partial charge in [-0.05, 0) is 48.0 Å². The first-order valence-electron chi connectivity index (χ1n) is 11.4. The molecule has 2 aliphatic heterocycles. The molecule has 1 amide bonds. The Morgan fingerprint density at radius 2 is 1.66 bits per heavy atom. The van der Waals surface area contributed by atoms with E-state index < -0.39 is 17.4 Å². The van der Waals surface area contributed by atoms with Gasteiger partial charge in [0, 0.05) is 55.6 Å². The van der Waals surface area contributed by atoms with Crippen LogP contribution in [0.2, 0.25) is 5.02 Å². The number of ketones is 1. The Labute approximate surface area is 207 Å². The summed E-state index contributed by atoms with van der Waals surface area (Å²) in [6.07, 6.45) is 1.48. The first-order chi connectivity index (χ1) is 17.0. The number of pyridine rings is 1. The molecule has 8 nitrogen and oxygen atoms in total. The third kappa shape index (κ3) is 4.94. The van der Waals surface area contributed by atoms with E-state index in [1.165, 1.54) is 16.8 Å². The van der Waals surface area contributed by atoms with Crippen LogP contribution in [0, 0.1) is 0 Å². The van der Waals surface area contributed by atoms with Crippen molar-refractivity contribution in [1.29, 1.82) is 0 Å². The number of Topliss-reactive ketones (excluding diaryl/α,β-unsaturated/α-hetero) is 1. The molecule has 3 aromatic rings. The average Bonchev–Trinajstić information content (AvgIpc) is 3.34. The largest absolute Gasteiger partial charge is 0.454 e. The number of carbonyl (C=O) groups excluding carboxylic acids is 2. The van der Waals surface area contributed by atoms with Crippen molar-refractivity contribution < 1.29 is 19.1 Å². The molecule has 1 aromatic heterocycles. The molecule has 0 aliphatic carbocycles. The van der Waals surface area contributed by atoms with Crippen molar-refractivity contribution in [2.24, 2.45) is 0 Å². The number of amides is 1. The Balaban J connectivity index is 1.31. The maximum absolute atomic E-state index is 13.6. The SMILES string of the molecule is O=C(c1ccc(Cl)cc1)C(C(=O)N1CCN(Cc2ccc3c(c2)OCO3)CC1)n1ccccc1=O. The van der Waals surface area contributed by atoms with Crippen LogP contribution in [-0.2, 0) is 11.3 Å². The number of halogens is 1. The summed E-state index contributed by atoms with van der Waals surface area (Å²) in [6.45, 7) is 3.14. The van der Waals surface area contributed by atoms with Gasteiger partial charge in [-0.2, -0.15) is 0 Å². The minimum atomic E-state index is -1.27. The zero-order valence-corrected chi connectivity index (χ0v) is 19.7. The van der Waals surface area contributed by atoms with Crippen LogP contribution in [0.15, 0.2) is 71.7 Å². The van der Waals surface area contributed by atoms with Crippen LogP contribution in [0.4, 0.5) is 0 Å². The van der Waals surface area contributed by atoms with E-state index in [9.17, 15) is 14.4 Å². The number of rotatable bonds is 6. The molecule has 2 aliphatic rings. The lowest BCUT2D eigenvalue weighted by atomic mass is 10.0. The first kappa shape index (κ1) is 23.1. The highest BCUT2D eigenvalue weighted by Gasteiger charge is 2.35. The fourth-order valence-corrected chi connectivity index (χ4v) is 4.51.